The minimum Gasteiger partial charge on any atom is -0.376 e. The van der Waals surface area contributed by atoms with Crippen molar-refractivity contribution in [1.82, 2.24) is 0 Å². The monoisotopic (exact) mass is 262 g/mol. The van der Waals surface area contributed by atoms with E-state index >= 15 is 0 Å². The fraction of sp³-hybridized carbons (Fsp3) is 0.500. The van der Waals surface area contributed by atoms with Crippen molar-refractivity contribution in [1.29, 1.82) is 0 Å². The summed E-state index contributed by atoms with van der Waals surface area (Å²) in [6.45, 7) is 10.9. The molecule has 0 heterocycles. The van der Waals surface area contributed by atoms with Crippen LogP contribution < -0.4 is 0 Å². The summed E-state index contributed by atoms with van der Waals surface area (Å²) in [6, 6.07) is 11.6. The standard InChI is InChI=1S/C16H26OSi/c1-15(9-8-12-18(2,3)4)13-17-14-16-10-6-5-7-11-16/h5-11,15H,12-14H2,1-4H3/b9-8-/t15-/m1/s1. The minimum absolute atomic E-state index is 0.505. The molecule has 0 amide bonds. The number of ether oxygens (including phenoxy) is 1. The van der Waals surface area contributed by atoms with Crippen molar-refractivity contribution in [3.63, 3.8) is 0 Å². The Morgan fingerprint density at radius 1 is 1.17 bits per heavy atom. The molecular weight excluding hydrogens is 236 g/mol. The molecule has 18 heavy (non-hydrogen) atoms. The molecule has 1 nitrogen and oxygen atoms in total. The van der Waals surface area contributed by atoms with Crippen molar-refractivity contribution in [2.24, 2.45) is 5.92 Å². The average Bonchev–Trinajstić information content (AvgIpc) is 2.28. The number of allylic oxidation sites excluding steroid dienone is 1. The van der Waals surface area contributed by atoms with Crippen LogP contribution in [0.3, 0.4) is 0 Å². The second-order valence-corrected chi connectivity index (χ2v) is 11.7. The molecule has 0 N–H and O–H groups in total. The van der Waals surface area contributed by atoms with Crippen LogP contribution >= 0.6 is 0 Å². The van der Waals surface area contributed by atoms with E-state index in [-0.39, 0.29) is 0 Å². The van der Waals surface area contributed by atoms with Crippen molar-refractivity contribution in [3.8, 4) is 0 Å². The largest absolute Gasteiger partial charge is 0.376 e. The molecule has 0 aliphatic rings. The Balaban J connectivity index is 2.19. The molecule has 0 fully saturated rings. The Morgan fingerprint density at radius 3 is 2.44 bits per heavy atom. The highest BCUT2D eigenvalue weighted by molar-refractivity contribution is 6.76. The lowest BCUT2D eigenvalue weighted by Crippen LogP contribution is -2.17. The Morgan fingerprint density at radius 2 is 1.83 bits per heavy atom. The molecule has 100 valence electrons. The molecule has 0 aromatic heterocycles. The molecule has 0 aliphatic heterocycles. The van der Waals surface area contributed by atoms with E-state index < -0.39 is 8.07 Å². The first-order valence-corrected chi connectivity index (χ1v) is 10.5. The highest BCUT2D eigenvalue weighted by Crippen LogP contribution is 2.10. The predicted octanol–water partition coefficient (Wildman–Crippen LogP) is 4.73. The SMILES string of the molecule is C[C@H](/C=C\C[Si](C)(C)C)COCc1ccccc1. The van der Waals surface area contributed by atoms with E-state index in [0.717, 1.165) is 6.61 Å². The van der Waals surface area contributed by atoms with Gasteiger partial charge >= 0.3 is 0 Å². The second kappa shape index (κ2) is 7.55. The summed E-state index contributed by atoms with van der Waals surface area (Å²) in [5, 5.41) is 0. The molecule has 1 atom stereocenters. The maximum Gasteiger partial charge on any atom is 0.0717 e. The van der Waals surface area contributed by atoms with Crippen molar-refractivity contribution in [2.75, 3.05) is 6.61 Å². The topological polar surface area (TPSA) is 9.23 Å². The van der Waals surface area contributed by atoms with Crippen LogP contribution in [-0.2, 0) is 11.3 Å². The first kappa shape index (κ1) is 15.2. The van der Waals surface area contributed by atoms with Gasteiger partial charge in [0.15, 0.2) is 0 Å². The van der Waals surface area contributed by atoms with Gasteiger partial charge in [-0.05, 0) is 17.5 Å². The molecular formula is C16H26OSi. The smallest absolute Gasteiger partial charge is 0.0717 e. The van der Waals surface area contributed by atoms with E-state index in [9.17, 15) is 0 Å². The van der Waals surface area contributed by atoms with Gasteiger partial charge in [0.2, 0.25) is 0 Å². The third-order valence-electron chi connectivity index (χ3n) is 2.69. The summed E-state index contributed by atoms with van der Waals surface area (Å²) in [4.78, 5) is 0. The van der Waals surface area contributed by atoms with Crippen molar-refractivity contribution in [2.45, 2.75) is 39.2 Å². The Kier molecular flexibility index (Phi) is 6.37. The summed E-state index contributed by atoms with van der Waals surface area (Å²) in [6.07, 6.45) is 4.63. The molecule has 0 unspecified atom stereocenters. The van der Waals surface area contributed by atoms with Gasteiger partial charge in [-0.2, -0.15) is 0 Å². The Hall–Kier alpha value is -0.863. The van der Waals surface area contributed by atoms with Crippen LogP contribution in [0.25, 0.3) is 0 Å². The van der Waals surface area contributed by atoms with E-state index in [4.69, 9.17) is 4.74 Å². The molecule has 0 bridgehead atoms. The Labute approximate surface area is 113 Å². The van der Waals surface area contributed by atoms with Gasteiger partial charge in [-0.1, -0.05) is 69.0 Å². The molecule has 2 heteroatoms. The molecule has 0 spiro atoms. The summed E-state index contributed by atoms with van der Waals surface area (Å²) in [7, 11) is -0.936. The van der Waals surface area contributed by atoms with E-state index in [1.807, 2.05) is 6.07 Å². The zero-order valence-corrected chi connectivity index (χ0v) is 13.1. The van der Waals surface area contributed by atoms with Crippen LogP contribution in [-0.4, -0.2) is 14.7 Å². The number of hydrogen-bond acceptors (Lipinski definition) is 1. The highest BCUT2D eigenvalue weighted by Gasteiger charge is 2.09. The molecule has 1 rings (SSSR count). The van der Waals surface area contributed by atoms with Crippen LogP contribution in [0.2, 0.25) is 25.7 Å². The lowest BCUT2D eigenvalue weighted by molar-refractivity contribution is 0.104. The lowest BCUT2D eigenvalue weighted by atomic mass is 10.2. The van der Waals surface area contributed by atoms with Gasteiger partial charge in [-0.3, -0.25) is 0 Å². The molecule has 0 saturated heterocycles. The third-order valence-corrected chi connectivity index (χ3v) is 4.15. The van der Waals surface area contributed by atoms with Gasteiger partial charge in [0, 0.05) is 8.07 Å². The lowest BCUT2D eigenvalue weighted by Gasteiger charge is -2.13. The van der Waals surface area contributed by atoms with Gasteiger partial charge < -0.3 is 4.74 Å². The zero-order valence-electron chi connectivity index (χ0n) is 12.1. The van der Waals surface area contributed by atoms with Crippen LogP contribution in [0.5, 0.6) is 0 Å². The van der Waals surface area contributed by atoms with Crippen LogP contribution in [0, 0.1) is 5.92 Å². The first-order chi connectivity index (χ1) is 8.47. The maximum absolute atomic E-state index is 5.72. The van der Waals surface area contributed by atoms with Gasteiger partial charge in [0.25, 0.3) is 0 Å². The quantitative estimate of drug-likeness (QED) is 0.510. The van der Waals surface area contributed by atoms with E-state index in [1.54, 1.807) is 0 Å². The molecule has 1 aromatic carbocycles. The first-order valence-electron chi connectivity index (χ1n) is 6.76. The average molecular weight is 262 g/mol. The summed E-state index contributed by atoms with van der Waals surface area (Å²) in [5.41, 5.74) is 1.25. The molecule has 0 saturated carbocycles. The molecule has 1 aromatic rings. The number of benzene rings is 1. The Bertz CT molecular complexity index is 351. The molecule has 0 aliphatic carbocycles. The summed E-state index contributed by atoms with van der Waals surface area (Å²) < 4.78 is 5.72. The third kappa shape index (κ3) is 7.46. The summed E-state index contributed by atoms with van der Waals surface area (Å²) >= 11 is 0. The van der Waals surface area contributed by atoms with Crippen LogP contribution in [0.1, 0.15) is 12.5 Å². The maximum atomic E-state index is 5.72. The highest BCUT2D eigenvalue weighted by atomic mass is 28.3. The normalized spacial score (nSPS) is 14.0. The second-order valence-electron chi connectivity index (χ2n) is 6.17. The van der Waals surface area contributed by atoms with Crippen molar-refractivity contribution >= 4 is 8.07 Å². The zero-order chi connectivity index (χ0) is 13.4. The van der Waals surface area contributed by atoms with E-state index in [1.165, 1.54) is 11.6 Å². The van der Waals surface area contributed by atoms with E-state index in [2.05, 4.69) is 63.0 Å². The van der Waals surface area contributed by atoms with Crippen LogP contribution in [0.15, 0.2) is 42.5 Å². The number of hydrogen-bond donors (Lipinski definition) is 0. The molecule has 0 radical (unpaired) electrons. The fourth-order valence-corrected chi connectivity index (χ4v) is 2.49. The number of rotatable bonds is 7. The van der Waals surface area contributed by atoms with Gasteiger partial charge in [-0.25, -0.2) is 0 Å². The van der Waals surface area contributed by atoms with Crippen LogP contribution in [0.4, 0.5) is 0 Å². The van der Waals surface area contributed by atoms with Crippen molar-refractivity contribution < 1.29 is 4.74 Å². The minimum atomic E-state index is -0.936. The summed E-state index contributed by atoms with van der Waals surface area (Å²) in [5.74, 6) is 0.505. The van der Waals surface area contributed by atoms with Gasteiger partial charge in [0.1, 0.15) is 0 Å². The fourth-order valence-electron chi connectivity index (χ4n) is 1.65. The predicted molar refractivity (Wildman–Crippen MR) is 82.6 cm³/mol. The van der Waals surface area contributed by atoms with E-state index in [0.29, 0.717) is 12.5 Å². The van der Waals surface area contributed by atoms with Gasteiger partial charge in [0.05, 0.1) is 13.2 Å². The van der Waals surface area contributed by atoms with Gasteiger partial charge in [-0.15, -0.1) is 0 Å². The van der Waals surface area contributed by atoms with Crippen molar-refractivity contribution in [3.05, 3.63) is 48.0 Å².